The molecule has 1 N–H and O–H groups in total. The van der Waals surface area contributed by atoms with Crippen LogP contribution in [0, 0.1) is 0 Å². The second-order valence-corrected chi connectivity index (χ2v) is 6.08. The summed E-state index contributed by atoms with van der Waals surface area (Å²) in [5.41, 5.74) is -0.518. The van der Waals surface area contributed by atoms with Gasteiger partial charge in [0.2, 0.25) is 0 Å². The van der Waals surface area contributed by atoms with Crippen molar-refractivity contribution in [2.24, 2.45) is 0 Å². The topological polar surface area (TPSA) is 42.2 Å². The molecule has 1 heterocycles. The fraction of sp³-hybridized carbons (Fsp3) is 0.118. The first-order valence-corrected chi connectivity index (χ1v) is 7.76. The van der Waals surface area contributed by atoms with Crippen LogP contribution >= 0.6 is 15.9 Å². The molecule has 1 aromatic heterocycles. The Kier molecular flexibility index (Phi) is 4.36. The average molecular weight is 398 g/mol. The highest BCUT2D eigenvalue weighted by Crippen LogP contribution is 2.34. The Morgan fingerprint density at radius 2 is 1.75 bits per heavy atom. The molecule has 0 aliphatic heterocycles. The highest BCUT2D eigenvalue weighted by atomic mass is 79.9. The van der Waals surface area contributed by atoms with Gasteiger partial charge in [-0.2, -0.15) is 13.2 Å². The van der Waals surface area contributed by atoms with E-state index in [0.717, 1.165) is 10.2 Å². The molecule has 0 aliphatic carbocycles. The molecule has 0 fully saturated rings. The lowest BCUT2D eigenvalue weighted by atomic mass is 10.1. The molecular weight excluding hydrogens is 387 g/mol. The number of fused-ring (bicyclic) bond motifs is 1. The highest BCUT2D eigenvalue weighted by Gasteiger charge is 2.33. The highest BCUT2D eigenvalue weighted by molar-refractivity contribution is 9.10. The van der Waals surface area contributed by atoms with E-state index in [0.29, 0.717) is 18.2 Å². The van der Waals surface area contributed by atoms with Crippen LogP contribution in [0.2, 0.25) is 0 Å². The number of rotatable bonds is 3. The average Bonchev–Trinajstić information content (AvgIpc) is 2.52. The Balaban J connectivity index is 1.91. The summed E-state index contributed by atoms with van der Waals surface area (Å²) in [6.07, 6.45) is -4.61. The lowest BCUT2D eigenvalue weighted by molar-refractivity contribution is -0.136. The molecule has 0 radical (unpaired) electrons. The van der Waals surface area contributed by atoms with Crippen LogP contribution in [0.25, 0.3) is 11.0 Å². The summed E-state index contributed by atoms with van der Waals surface area (Å²) in [4.78, 5) is 11.4. The van der Waals surface area contributed by atoms with Gasteiger partial charge in [-0.15, -0.1) is 0 Å². The number of nitrogens with one attached hydrogen (secondary N) is 1. The molecule has 0 bridgehead atoms. The minimum Gasteiger partial charge on any atom is -0.423 e. The largest absolute Gasteiger partial charge is 0.423 e. The van der Waals surface area contributed by atoms with Crippen LogP contribution in [0.1, 0.15) is 11.1 Å². The molecule has 0 amide bonds. The monoisotopic (exact) mass is 397 g/mol. The third kappa shape index (κ3) is 3.62. The van der Waals surface area contributed by atoms with E-state index in [1.54, 1.807) is 6.07 Å². The van der Waals surface area contributed by atoms with Crippen molar-refractivity contribution in [1.82, 2.24) is 0 Å². The number of anilines is 1. The van der Waals surface area contributed by atoms with Crippen molar-refractivity contribution in [3.63, 3.8) is 0 Å². The molecule has 0 aliphatic rings. The molecule has 0 unspecified atom stereocenters. The maximum Gasteiger partial charge on any atom is 0.417 e. The van der Waals surface area contributed by atoms with E-state index < -0.39 is 17.4 Å². The third-order valence-corrected chi connectivity index (χ3v) is 3.98. The molecule has 0 saturated heterocycles. The van der Waals surface area contributed by atoms with Gasteiger partial charge in [-0.05, 0) is 35.9 Å². The van der Waals surface area contributed by atoms with Crippen molar-refractivity contribution < 1.29 is 17.6 Å². The molecule has 3 nitrogen and oxygen atoms in total. The molecule has 0 atom stereocenters. The SMILES string of the molecule is O=c1cc(C(F)(F)F)c2ccc(CNc3ccc(Br)cc3)cc2o1. The minimum absolute atomic E-state index is 0.0788. The van der Waals surface area contributed by atoms with Crippen LogP contribution in [0.15, 0.2) is 62.2 Å². The number of benzene rings is 2. The molecule has 3 aromatic rings. The van der Waals surface area contributed by atoms with Gasteiger partial charge in [-0.25, -0.2) is 4.79 Å². The van der Waals surface area contributed by atoms with Gasteiger partial charge in [-0.3, -0.25) is 0 Å². The summed E-state index contributed by atoms with van der Waals surface area (Å²) in [6, 6.07) is 12.3. The zero-order valence-corrected chi connectivity index (χ0v) is 13.7. The summed E-state index contributed by atoms with van der Waals surface area (Å²) in [7, 11) is 0. The van der Waals surface area contributed by atoms with E-state index in [-0.39, 0.29) is 11.0 Å². The maximum atomic E-state index is 13.0. The van der Waals surface area contributed by atoms with Crippen molar-refractivity contribution in [2.75, 3.05) is 5.32 Å². The van der Waals surface area contributed by atoms with Crippen molar-refractivity contribution >= 4 is 32.6 Å². The molecule has 24 heavy (non-hydrogen) atoms. The second kappa shape index (κ2) is 6.32. The summed E-state index contributed by atoms with van der Waals surface area (Å²) < 4.78 is 44.9. The molecular formula is C17H11BrF3NO2. The predicted molar refractivity (Wildman–Crippen MR) is 89.0 cm³/mol. The van der Waals surface area contributed by atoms with Gasteiger partial charge in [0.05, 0.1) is 5.56 Å². The summed E-state index contributed by atoms with van der Waals surface area (Å²) >= 11 is 3.34. The Morgan fingerprint density at radius 1 is 1.04 bits per heavy atom. The summed E-state index contributed by atoms with van der Waals surface area (Å²) in [5.74, 6) is 0. The van der Waals surface area contributed by atoms with E-state index in [1.807, 2.05) is 24.3 Å². The smallest absolute Gasteiger partial charge is 0.417 e. The van der Waals surface area contributed by atoms with Crippen LogP contribution in [-0.4, -0.2) is 0 Å². The first-order chi connectivity index (χ1) is 11.3. The van der Waals surface area contributed by atoms with Gasteiger partial charge in [0.1, 0.15) is 5.58 Å². The number of hydrogen-bond acceptors (Lipinski definition) is 3. The van der Waals surface area contributed by atoms with Crippen molar-refractivity contribution in [3.05, 3.63) is 74.6 Å². The van der Waals surface area contributed by atoms with Crippen LogP contribution in [0.5, 0.6) is 0 Å². The van der Waals surface area contributed by atoms with Gasteiger partial charge < -0.3 is 9.73 Å². The van der Waals surface area contributed by atoms with Gasteiger partial charge in [-0.1, -0.05) is 28.1 Å². The molecule has 0 spiro atoms. The van der Waals surface area contributed by atoms with E-state index >= 15 is 0 Å². The Hall–Kier alpha value is -2.28. The lowest BCUT2D eigenvalue weighted by Gasteiger charge is -2.11. The first kappa shape index (κ1) is 16.6. The van der Waals surface area contributed by atoms with Gasteiger partial charge in [0.25, 0.3) is 0 Å². The first-order valence-electron chi connectivity index (χ1n) is 6.96. The Bertz CT molecular complexity index is 933. The standard InChI is InChI=1S/C17H11BrF3NO2/c18-11-2-4-12(5-3-11)22-9-10-1-6-13-14(17(19,20)21)8-16(23)24-15(13)7-10/h1-8,22H,9H2. The van der Waals surface area contributed by atoms with Crippen LogP contribution < -0.4 is 10.9 Å². The molecule has 124 valence electrons. The fourth-order valence-corrected chi connectivity index (χ4v) is 2.59. The Labute approximate surface area is 143 Å². The van der Waals surface area contributed by atoms with Crippen molar-refractivity contribution in [3.8, 4) is 0 Å². The fourth-order valence-electron chi connectivity index (χ4n) is 2.32. The van der Waals surface area contributed by atoms with Gasteiger partial charge in [0, 0.05) is 28.2 Å². The predicted octanol–water partition coefficient (Wildman–Crippen LogP) is 5.19. The third-order valence-electron chi connectivity index (χ3n) is 3.46. The molecule has 7 heteroatoms. The number of alkyl halides is 3. The van der Waals surface area contributed by atoms with Crippen LogP contribution in [-0.2, 0) is 12.7 Å². The van der Waals surface area contributed by atoms with Gasteiger partial charge >= 0.3 is 11.8 Å². The molecule has 0 saturated carbocycles. The number of halogens is 4. The van der Waals surface area contributed by atoms with Crippen LogP contribution in [0.3, 0.4) is 0 Å². The maximum absolute atomic E-state index is 13.0. The zero-order valence-electron chi connectivity index (χ0n) is 12.2. The Morgan fingerprint density at radius 3 is 2.42 bits per heavy atom. The lowest BCUT2D eigenvalue weighted by Crippen LogP contribution is -2.11. The number of hydrogen-bond donors (Lipinski definition) is 1. The van der Waals surface area contributed by atoms with Crippen molar-refractivity contribution in [2.45, 2.75) is 12.7 Å². The zero-order chi connectivity index (χ0) is 17.3. The minimum atomic E-state index is -4.61. The normalized spacial score (nSPS) is 11.7. The molecule has 2 aromatic carbocycles. The van der Waals surface area contributed by atoms with E-state index in [9.17, 15) is 18.0 Å². The molecule has 3 rings (SSSR count). The van der Waals surface area contributed by atoms with E-state index in [4.69, 9.17) is 4.42 Å². The second-order valence-electron chi connectivity index (χ2n) is 5.17. The summed E-state index contributed by atoms with van der Waals surface area (Å²) in [6.45, 7) is 0.386. The van der Waals surface area contributed by atoms with Gasteiger partial charge in [0.15, 0.2) is 0 Å². The van der Waals surface area contributed by atoms with Crippen molar-refractivity contribution in [1.29, 1.82) is 0 Å². The van der Waals surface area contributed by atoms with E-state index in [2.05, 4.69) is 21.2 Å². The van der Waals surface area contributed by atoms with Crippen LogP contribution in [0.4, 0.5) is 18.9 Å². The quantitative estimate of drug-likeness (QED) is 0.618. The summed E-state index contributed by atoms with van der Waals surface area (Å²) in [5, 5.41) is 3.02. The van der Waals surface area contributed by atoms with E-state index in [1.165, 1.54) is 12.1 Å².